The Bertz CT molecular complexity index is 195. The van der Waals surface area contributed by atoms with Crippen LogP contribution in [0.15, 0.2) is 12.2 Å². The summed E-state index contributed by atoms with van der Waals surface area (Å²) in [6.45, 7) is 4.99. The monoisotopic (exact) mass is 208 g/mol. The van der Waals surface area contributed by atoms with Crippen LogP contribution >= 0.6 is 0 Å². The third kappa shape index (κ3) is 3.96. The Balaban J connectivity index is 1.55. The van der Waals surface area contributed by atoms with Crippen LogP contribution in [-0.2, 0) is 0 Å². The van der Waals surface area contributed by atoms with E-state index in [1.54, 1.807) is 0 Å². The number of hydrogen-bond acceptors (Lipinski definition) is 2. The van der Waals surface area contributed by atoms with Gasteiger partial charge in [-0.05, 0) is 45.2 Å². The highest BCUT2D eigenvalue weighted by Crippen LogP contribution is 2.12. The summed E-state index contributed by atoms with van der Waals surface area (Å²) in [5.41, 5.74) is 0. The van der Waals surface area contributed by atoms with E-state index in [0.717, 1.165) is 6.04 Å². The highest BCUT2D eigenvalue weighted by Gasteiger charge is 2.12. The molecule has 1 fully saturated rings. The molecule has 2 aliphatic rings. The Labute approximate surface area is 93.7 Å². The van der Waals surface area contributed by atoms with Gasteiger partial charge in [0.25, 0.3) is 0 Å². The molecule has 1 unspecified atom stereocenters. The Morgan fingerprint density at radius 3 is 3.00 bits per heavy atom. The normalized spacial score (nSPS) is 28.1. The van der Waals surface area contributed by atoms with E-state index in [1.807, 2.05) is 0 Å². The van der Waals surface area contributed by atoms with Gasteiger partial charge in [0, 0.05) is 19.1 Å². The number of nitrogens with zero attached hydrogens (tertiary/aromatic N) is 1. The lowest BCUT2D eigenvalue weighted by Gasteiger charge is -2.26. The predicted molar refractivity (Wildman–Crippen MR) is 65.1 cm³/mol. The maximum absolute atomic E-state index is 3.62. The first kappa shape index (κ1) is 11.2. The summed E-state index contributed by atoms with van der Waals surface area (Å²) in [5.74, 6) is 0. The maximum atomic E-state index is 3.62. The minimum Gasteiger partial charge on any atom is -0.314 e. The molecular weight excluding hydrogens is 184 g/mol. The Hall–Kier alpha value is -0.340. The maximum Gasteiger partial charge on any atom is 0.0163 e. The SMILES string of the molecule is C1=CCN(CCCC2CCCCN2)CC1. The smallest absolute Gasteiger partial charge is 0.0163 e. The zero-order chi connectivity index (χ0) is 10.3. The highest BCUT2D eigenvalue weighted by molar-refractivity contribution is 4.90. The molecular formula is C13H24N2. The summed E-state index contributed by atoms with van der Waals surface area (Å²) in [6.07, 6.45) is 12.8. The molecule has 0 saturated carbocycles. The van der Waals surface area contributed by atoms with Gasteiger partial charge in [-0.25, -0.2) is 0 Å². The van der Waals surface area contributed by atoms with E-state index >= 15 is 0 Å². The van der Waals surface area contributed by atoms with Gasteiger partial charge < -0.3 is 5.32 Å². The first-order valence-electron chi connectivity index (χ1n) is 6.56. The Kier molecular flexibility index (Phi) is 4.68. The lowest BCUT2D eigenvalue weighted by atomic mass is 10.0. The summed E-state index contributed by atoms with van der Waals surface area (Å²) in [7, 11) is 0. The molecule has 0 aromatic heterocycles. The largest absolute Gasteiger partial charge is 0.314 e. The molecule has 1 saturated heterocycles. The van der Waals surface area contributed by atoms with E-state index in [9.17, 15) is 0 Å². The average Bonchev–Trinajstić information content (AvgIpc) is 2.32. The standard InChI is InChI=1S/C13H24N2/c1-4-10-15(11-5-1)12-6-8-13-7-2-3-9-14-13/h1,4,13-14H,2-3,5-12H2. The van der Waals surface area contributed by atoms with Gasteiger partial charge in [-0.3, -0.25) is 4.90 Å². The Morgan fingerprint density at radius 1 is 1.27 bits per heavy atom. The van der Waals surface area contributed by atoms with Crippen molar-refractivity contribution in [1.29, 1.82) is 0 Å². The fraction of sp³-hybridized carbons (Fsp3) is 0.846. The minimum absolute atomic E-state index is 0.819. The van der Waals surface area contributed by atoms with E-state index in [2.05, 4.69) is 22.4 Å². The number of hydrogen-bond donors (Lipinski definition) is 1. The van der Waals surface area contributed by atoms with Crippen molar-refractivity contribution in [3.63, 3.8) is 0 Å². The van der Waals surface area contributed by atoms with Gasteiger partial charge in [-0.15, -0.1) is 0 Å². The third-order valence-electron chi connectivity index (χ3n) is 3.58. The molecule has 0 spiro atoms. The van der Waals surface area contributed by atoms with Gasteiger partial charge in [0.05, 0.1) is 0 Å². The number of piperidine rings is 1. The fourth-order valence-corrected chi connectivity index (χ4v) is 2.62. The van der Waals surface area contributed by atoms with Gasteiger partial charge in [0.1, 0.15) is 0 Å². The van der Waals surface area contributed by atoms with Gasteiger partial charge >= 0.3 is 0 Å². The molecule has 2 aliphatic heterocycles. The minimum atomic E-state index is 0.819. The second kappa shape index (κ2) is 6.29. The van der Waals surface area contributed by atoms with Crippen LogP contribution < -0.4 is 5.32 Å². The van der Waals surface area contributed by atoms with Crippen molar-refractivity contribution in [1.82, 2.24) is 10.2 Å². The molecule has 2 heterocycles. The van der Waals surface area contributed by atoms with Crippen molar-refractivity contribution in [2.24, 2.45) is 0 Å². The zero-order valence-corrected chi connectivity index (χ0v) is 9.75. The van der Waals surface area contributed by atoms with Crippen LogP contribution in [-0.4, -0.2) is 37.1 Å². The summed E-state index contributed by atoms with van der Waals surface area (Å²) in [5, 5.41) is 3.62. The van der Waals surface area contributed by atoms with E-state index < -0.39 is 0 Å². The molecule has 0 aromatic carbocycles. The summed E-state index contributed by atoms with van der Waals surface area (Å²) in [6, 6.07) is 0.819. The summed E-state index contributed by atoms with van der Waals surface area (Å²) in [4.78, 5) is 2.57. The van der Waals surface area contributed by atoms with E-state index in [4.69, 9.17) is 0 Å². The van der Waals surface area contributed by atoms with Crippen molar-refractivity contribution in [3.8, 4) is 0 Å². The molecule has 86 valence electrons. The molecule has 0 aliphatic carbocycles. The highest BCUT2D eigenvalue weighted by atomic mass is 15.1. The number of rotatable bonds is 4. The van der Waals surface area contributed by atoms with E-state index in [1.165, 1.54) is 64.7 Å². The molecule has 2 heteroatoms. The van der Waals surface area contributed by atoms with Crippen LogP contribution in [0.4, 0.5) is 0 Å². The van der Waals surface area contributed by atoms with Crippen LogP contribution in [0.5, 0.6) is 0 Å². The van der Waals surface area contributed by atoms with Crippen LogP contribution in [0.2, 0.25) is 0 Å². The molecule has 2 nitrogen and oxygen atoms in total. The van der Waals surface area contributed by atoms with Gasteiger partial charge in [-0.2, -0.15) is 0 Å². The van der Waals surface area contributed by atoms with Crippen LogP contribution in [0.1, 0.15) is 38.5 Å². The third-order valence-corrected chi connectivity index (χ3v) is 3.58. The molecule has 15 heavy (non-hydrogen) atoms. The van der Waals surface area contributed by atoms with Crippen LogP contribution in [0.3, 0.4) is 0 Å². The molecule has 1 N–H and O–H groups in total. The van der Waals surface area contributed by atoms with Gasteiger partial charge in [0.15, 0.2) is 0 Å². The van der Waals surface area contributed by atoms with Crippen molar-refractivity contribution in [2.45, 2.75) is 44.6 Å². The van der Waals surface area contributed by atoms with Crippen molar-refractivity contribution in [2.75, 3.05) is 26.2 Å². The van der Waals surface area contributed by atoms with Crippen molar-refractivity contribution in [3.05, 3.63) is 12.2 Å². The number of nitrogens with one attached hydrogen (secondary N) is 1. The molecule has 0 radical (unpaired) electrons. The fourth-order valence-electron chi connectivity index (χ4n) is 2.62. The first-order chi connectivity index (χ1) is 7.45. The zero-order valence-electron chi connectivity index (χ0n) is 9.75. The van der Waals surface area contributed by atoms with E-state index in [-0.39, 0.29) is 0 Å². The second-order valence-corrected chi connectivity index (χ2v) is 4.85. The molecule has 2 rings (SSSR count). The average molecular weight is 208 g/mol. The Morgan fingerprint density at radius 2 is 2.27 bits per heavy atom. The quantitative estimate of drug-likeness (QED) is 0.712. The molecule has 1 atom stereocenters. The van der Waals surface area contributed by atoms with Crippen LogP contribution in [0.25, 0.3) is 0 Å². The second-order valence-electron chi connectivity index (χ2n) is 4.85. The first-order valence-corrected chi connectivity index (χ1v) is 6.56. The predicted octanol–water partition coefficient (Wildman–Crippen LogP) is 2.17. The van der Waals surface area contributed by atoms with E-state index in [0.29, 0.717) is 0 Å². The van der Waals surface area contributed by atoms with Crippen molar-refractivity contribution < 1.29 is 0 Å². The lowest BCUT2D eigenvalue weighted by Crippen LogP contribution is -2.35. The molecule has 0 aromatic rings. The van der Waals surface area contributed by atoms with Gasteiger partial charge in [-0.1, -0.05) is 18.6 Å². The van der Waals surface area contributed by atoms with Crippen LogP contribution in [0, 0.1) is 0 Å². The summed E-state index contributed by atoms with van der Waals surface area (Å²) < 4.78 is 0. The topological polar surface area (TPSA) is 15.3 Å². The molecule has 0 bridgehead atoms. The van der Waals surface area contributed by atoms with Crippen molar-refractivity contribution >= 4 is 0 Å². The molecule has 0 amide bonds. The lowest BCUT2D eigenvalue weighted by molar-refractivity contribution is 0.277. The summed E-state index contributed by atoms with van der Waals surface area (Å²) >= 11 is 0. The van der Waals surface area contributed by atoms with Gasteiger partial charge in [0.2, 0.25) is 0 Å².